The van der Waals surface area contributed by atoms with Crippen molar-refractivity contribution in [3.05, 3.63) is 35.4 Å². The molecule has 0 amide bonds. The summed E-state index contributed by atoms with van der Waals surface area (Å²) in [7, 11) is 0. The molecule has 1 heteroatoms. The Labute approximate surface area is 112 Å². The molecule has 100 valence electrons. The van der Waals surface area contributed by atoms with Gasteiger partial charge in [0.05, 0.1) is 0 Å². The highest BCUT2D eigenvalue weighted by molar-refractivity contribution is 5.22. The van der Waals surface area contributed by atoms with Crippen LogP contribution in [0.1, 0.15) is 56.6 Å². The van der Waals surface area contributed by atoms with Gasteiger partial charge in [0, 0.05) is 6.04 Å². The molecule has 1 N–H and O–H groups in total. The van der Waals surface area contributed by atoms with Crippen LogP contribution < -0.4 is 5.32 Å². The van der Waals surface area contributed by atoms with Crippen LogP contribution >= 0.6 is 0 Å². The molecule has 1 nitrogen and oxygen atoms in total. The van der Waals surface area contributed by atoms with Gasteiger partial charge in [-0.3, -0.25) is 0 Å². The smallest absolute Gasteiger partial charge is 0.00682 e. The third-order valence-electron chi connectivity index (χ3n) is 3.83. The van der Waals surface area contributed by atoms with E-state index in [4.69, 9.17) is 0 Å². The van der Waals surface area contributed by atoms with Gasteiger partial charge in [0.25, 0.3) is 0 Å². The molecule has 0 radical (unpaired) electrons. The lowest BCUT2D eigenvalue weighted by Gasteiger charge is -2.04. The van der Waals surface area contributed by atoms with Crippen LogP contribution in [0.5, 0.6) is 0 Å². The summed E-state index contributed by atoms with van der Waals surface area (Å²) < 4.78 is 0. The average molecular weight is 245 g/mol. The van der Waals surface area contributed by atoms with Crippen molar-refractivity contribution in [3.8, 4) is 0 Å². The van der Waals surface area contributed by atoms with Gasteiger partial charge in [-0.15, -0.1) is 0 Å². The van der Waals surface area contributed by atoms with E-state index < -0.39 is 0 Å². The first kappa shape index (κ1) is 13.6. The van der Waals surface area contributed by atoms with Gasteiger partial charge in [-0.25, -0.2) is 0 Å². The minimum Gasteiger partial charge on any atom is -0.314 e. The zero-order valence-electron chi connectivity index (χ0n) is 11.8. The van der Waals surface area contributed by atoms with E-state index in [9.17, 15) is 0 Å². The molecule has 0 atom stereocenters. The largest absolute Gasteiger partial charge is 0.314 e. The van der Waals surface area contributed by atoms with Crippen molar-refractivity contribution >= 4 is 0 Å². The van der Waals surface area contributed by atoms with Crippen LogP contribution in [0.2, 0.25) is 0 Å². The minimum atomic E-state index is 0.877. The lowest BCUT2D eigenvalue weighted by atomic mass is 10.0. The number of rotatable bonds is 9. The molecule has 1 aromatic rings. The highest BCUT2D eigenvalue weighted by atomic mass is 14.9. The Hall–Kier alpha value is -0.820. The molecule has 18 heavy (non-hydrogen) atoms. The van der Waals surface area contributed by atoms with Gasteiger partial charge in [0.15, 0.2) is 0 Å². The number of benzene rings is 1. The van der Waals surface area contributed by atoms with Gasteiger partial charge in [-0.05, 0) is 56.2 Å². The molecule has 1 saturated carbocycles. The van der Waals surface area contributed by atoms with Gasteiger partial charge in [0.1, 0.15) is 0 Å². The predicted octanol–water partition coefficient (Wildman–Crippen LogP) is 4.10. The topological polar surface area (TPSA) is 12.0 Å². The molecule has 0 aromatic heterocycles. The van der Waals surface area contributed by atoms with Gasteiger partial charge in [-0.2, -0.15) is 0 Å². The molecule has 1 aliphatic carbocycles. The summed E-state index contributed by atoms with van der Waals surface area (Å²) in [5.74, 6) is 0. The minimum absolute atomic E-state index is 0.877. The van der Waals surface area contributed by atoms with Crippen LogP contribution in [0, 0.1) is 0 Å². The van der Waals surface area contributed by atoms with Crippen molar-refractivity contribution in [2.75, 3.05) is 6.54 Å². The highest BCUT2D eigenvalue weighted by Gasteiger charge is 2.19. The third-order valence-corrected chi connectivity index (χ3v) is 3.83. The molecule has 1 fully saturated rings. The summed E-state index contributed by atoms with van der Waals surface area (Å²) in [5.41, 5.74) is 2.95. The van der Waals surface area contributed by atoms with Gasteiger partial charge < -0.3 is 5.32 Å². The molecule has 0 aliphatic heterocycles. The van der Waals surface area contributed by atoms with Crippen molar-refractivity contribution in [1.82, 2.24) is 5.32 Å². The lowest BCUT2D eigenvalue weighted by Crippen LogP contribution is -2.17. The second kappa shape index (κ2) is 7.58. The summed E-state index contributed by atoms with van der Waals surface area (Å²) in [6.07, 6.45) is 10.7. The first-order chi connectivity index (χ1) is 8.88. The Morgan fingerprint density at radius 2 is 1.61 bits per heavy atom. The fourth-order valence-electron chi connectivity index (χ4n) is 2.34. The standard InChI is InChI=1S/C17H27N/c1-2-15-8-10-16(11-9-15)7-5-3-4-6-14-18-17-12-13-17/h8-11,17-18H,2-7,12-14H2,1H3. The fraction of sp³-hybridized carbons (Fsp3) is 0.647. The Morgan fingerprint density at radius 1 is 0.944 bits per heavy atom. The number of nitrogens with one attached hydrogen (secondary N) is 1. The number of hydrogen-bond donors (Lipinski definition) is 1. The lowest BCUT2D eigenvalue weighted by molar-refractivity contribution is 0.585. The van der Waals surface area contributed by atoms with Gasteiger partial charge in [0.2, 0.25) is 0 Å². The Kier molecular flexibility index (Phi) is 5.73. The van der Waals surface area contributed by atoms with Crippen LogP contribution in [0.15, 0.2) is 24.3 Å². The maximum absolute atomic E-state index is 3.58. The Morgan fingerprint density at radius 3 is 2.28 bits per heavy atom. The molecule has 0 saturated heterocycles. The molecule has 0 unspecified atom stereocenters. The van der Waals surface area contributed by atoms with E-state index in [1.165, 1.54) is 62.6 Å². The van der Waals surface area contributed by atoms with Gasteiger partial charge in [-0.1, -0.05) is 44.0 Å². The zero-order chi connectivity index (χ0) is 12.6. The average Bonchev–Trinajstić information content (AvgIpc) is 3.22. The summed E-state index contributed by atoms with van der Waals surface area (Å²) in [6.45, 7) is 3.44. The van der Waals surface area contributed by atoms with Crippen molar-refractivity contribution < 1.29 is 0 Å². The van der Waals surface area contributed by atoms with E-state index in [0.717, 1.165) is 12.5 Å². The van der Waals surface area contributed by atoms with Crippen LogP contribution in [0.25, 0.3) is 0 Å². The third kappa shape index (κ3) is 5.22. The van der Waals surface area contributed by atoms with Crippen LogP contribution in [0.4, 0.5) is 0 Å². The van der Waals surface area contributed by atoms with Crippen molar-refractivity contribution in [2.24, 2.45) is 0 Å². The molecule has 2 rings (SSSR count). The molecule has 0 heterocycles. The maximum Gasteiger partial charge on any atom is 0.00682 e. The first-order valence-electron chi connectivity index (χ1n) is 7.69. The van der Waals surface area contributed by atoms with E-state index in [2.05, 4.69) is 36.5 Å². The second-order valence-corrected chi connectivity index (χ2v) is 5.56. The SMILES string of the molecule is CCc1ccc(CCCCCCNC2CC2)cc1. The quantitative estimate of drug-likeness (QED) is 0.646. The second-order valence-electron chi connectivity index (χ2n) is 5.56. The Balaban J connectivity index is 1.48. The van der Waals surface area contributed by atoms with Crippen LogP contribution in [-0.4, -0.2) is 12.6 Å². The van der Waals surface area contributed by atoms with Crippen LogP contribution in [-0.2, 0) is 12.8 Å². The summed E-state index contributed by atoms with van der Waals surface area (Å²) in [4.78, 5) is 0. The van der Waals surface area contributed by atoms with E-state index in [-0.39, 0.29) is 0 Å². The summed E-state index contributed by atoms with van der Waals surface area (Å²) >= 11 is 0. The molecule has 0 bridgehead atoms. The molecular formula is C17H27N. The Bertz CT molecular complexity index is 324. The van der Waals surface area contributed by atoms with Crippen LogP contribution in [0.3, 0.4) is 0 Å². The monoisotopic (exact) mass is 245 g/mol. The molecule has 1 aliphatic rings. The molecular weight excluding hydrogens is 218 g/mol. The molecule has 1 aromatic carbocycles. The predicted molar refractivity (Wildman–Crippen MR) is 79.0 cm³/mol. The number of unbranched alkanes of at least 4 members (excludes halogenated alkanes) is 3. The van der Waals surface area contributed by atoms with Crippen molar-refractivity contribution in [2.45, 2.75) is 64.3 Å². The number of aryl methyl sites for hydroxylation is 2. The van der Waals surface area contributed by atoms with E-state index >= 15 is 0 Å². The van der Waals surface area contributed by atoms with Gasteiger partial charge >= 0.3 is 0 Å². The maximum atomic E-state index is 3.58. The summed E-state index contributed by atoms with van der Waals surface area (Å²) in [5, 5.41) is 3.58. The fourth-order valence-corrected chi connectivity index (χ4v) is 2.34. The zero-order valence-corrected chi connectivity index (χ0v) is 11.8. The summed E-state index contributed by atoms with van der Waals surface area (Å²) in [6, 6.07) is 10.0. The normalized spacial score (nSPS) is 14.9. The van der Waals surface area contributed by atoms with Crippen molar-refractivity contribution in [3.63, 3.8) is 0 Å². The first-order valence-corrected chi connectivity index (χ1v) is 7.69. The number of hydrogen-bond acceptors (Lipinski definition) is 1. The molecule has 0 spiro atoms. The van der Waals surface area contributed by atoms with E-state index in [1.807, 2.05) is 0 Å². The van der Waals surface area contributed by atoms with Crippen molar-refractivity contribution in [1.29, 1.82) is 0 Å². The van der Waals surface area contributed by atoms with E-state index in [1.54, 1.807) is 0 Å². The van der Waals surface area contributed by atoms with E-state index in [0.29, 0.717) is 0 Å². The highest BCUT2D eigenvalue weighted by Crippen LogP contribution is 2.18.